The lowest BCUT2D eigenvalue weighted by atomic mass is 9.93. The molecule has 4 rings (SSSR count). The standard InChI is InChI=1S/C36H44N2O12/c1-23(39)47-29-20-31(34(41)45-3)50-32(21-29)48-28-16-14-26(22-46-35(42)37-18-17-24-9-5-4-6-10-24)30(19-28)38-36(43)49-27-12-8-7-11-25(13-15-27)33(40)44-2/h4-6,8-10,12,14,16,19,25,27,29,31-32H,7,11,13,15,17-18,20-22H2,1-3H3,(H,37,42)(H,38,43)/b12-8+. The predicted molar refractivity (Wildman–Crippen MR) is 178 cm³/mol. The van der Waals surface area contributed by atoms with Gasteiger partial charge in [0, 0.05) is 37.9 Å². The minimum atomic E-state index is -1.03. The summed E-state index contributed by atoms with van der Waals surface area (Å²) in [6, 6.07) is 14.4. The number of benzene rings is 2. The van der Waals surface area contributed by atoms with E-state index in [1.807, 2.05) is 36.4 Å². The number of esters is 3. The van der Waals surface area contributed by atoms with Gasteiger partial charge in [0.15, 0.2) is 6.10 Å². The van der Waals surface area contributed by atoms with E-state index >= 15 is 0 Å². The van der Waals surface area contributed by atoms with Crippen LogP contribution in [0.1, 0.15) is 56.6 Å². The summed E-state index contributed by atoms with van der Waals surface area (Å²) < 4.78 is 38.0. The number of carbonyl (C=O) groups is 5. The Bertz CT molecular complexity index is 1500. The van der Waals surface area contributed by atoms with E-state index in [-0.39, 0.29) is 42.8 Å². The molecule has 1 aliphatic carbocycles. The van der Waals surface area contributed by atoms with E-state index in [4.69, 9.17) is 33.2 Å². The van der Waals surface area contributed by atoms with Crippen molar-refractivity contribution in [3.05, 3.63) is 71.8 Å². The van der Waals surface area contributed by atoms with Crippen molar-refractivity contribution in [1.82, 2.24) is 5.32 Å². The zero-order valence-corrected chi connectivity index (χ0v) is 28.4. The van der Waals surface area contributed by atoms with Crippen molar-refractivity contribution in [2.45, 2.75) is 83.1 Å². The van der Waals surface area contributed by atoms with Crippen LogP contribution < -0.4 is 15.4 Å². The molecule has 0 saturated carbocycles. The highest BCUT2D eigenvalue weighted by Gasteiger charge is 2.37. The van der Waals surface area contributed by atoms with Gasteiger partial charge in [-0.3, -0.25) is 14.9 Å². The van der Waals surface area contributed by atoms with Crippen molar-refractivity contribution in [2.24, 2.45) is 5.92 Å². The second-order valence-electron chi connectivity index (χ2n) is 11.8. The number of methoxy groups -OCH3 is 2. The Morgan fingerprint density at radius 3 is 2.40 bits per heavy atom. The first-order chi connectivity index (χ1) is 24.1. The summed E-state index contributed by atoms with van der Waals surface area (Å²) in [6.45, 7) is 1.43. The summed E-state index contributed by atoms with van der Waals surface area (Å²) in [7, 11) is 2.57. The maximum Gasteiger partial charge on any atom is 0.412 e. The smallest absolute Gasteiger partial charge is 0.412 e. The topological polar surface area (TPSA) is 174 Å². The maximum atomic E-state index is 13.2. The lowest BCUT2D eigenvalue weighted by molar-refractivity contribution is -0.204. The molecule has 5 unspecified atom stereocenters. The zero-order chi connectivity index (χ0) is 35.9. The third-order valence-electron chi connectivity index (χ3n) is 8.14. The summed E-state index contributed by atoms with van der Waals surface area (Å²) in [5, 5.41) is 5.43. The Morgan fingerprint density at radius 1 is 0.880 bits per heavy atom. The van der Waals surface area contributed by atoms with E-state index in [1.165, 1.54) is 27.2 Å². The Balaban J connectivity index is 1.45. The number of nitrogens with one attached hydrogen (secondary N) is 2. The minimum absolute atomic E-state index is 0.102. The second kappa shape index (κ2) is 19.2. The van der Waals surface area contributed by atoms with Gasteiger partial charge < -0.3 is 38.5 Å². The molecule has 270 valence electrons. The van der Waals surface area contributed by atoms with Crippen LogP contribution in [-0.4, -0.2) is 75.5 Å². The molecule has 50 heavy (non-hydrogen) atoms. The van der Waals surface area contributed by atoms with Crippen molar-refractivity contribution in [1.29, 1.82) is 0 Å². The third kappa shape index (κ3) is 12.1. The molecule has 2 aromatic carbocycles. The Labute approximate surface area is 290 Å². The van der Waals surface area contributed by atoms with Gasteiger partial charge in [0.25, 0.3) is 0 Å². The van der Waals surface area contributed by atoms with Crippen molar-refractivity contribution in [2.75, 3.05) is 26.1 Å². The fraction of sp³-hybridized carbons (Fsp3) is 0.472. The quantitative estimate of drug-likeness (QED) is 0.173. The molecule has 14 nitrogen and oxygen atoms in total. The van der Waals surface area contributed by atoms with Crippen LogP contribution in [0.2, 0.25) is 0 Å². The number of hydrogen-bond acceptors (Lipinski definition) is 12. The average molecular weight is 697 g/mol. The fourth-order valence-electron chi connectivity index (χ4n) is 5.63. The molecule has 0 spiro atoms. The first kappa shape index (κ1) is 37.7. The van der Waals surface area contributed by atoms with E-state index in [9.17, 15) is 24.0 Å². The van der Waals surface area contributed by atoms with Gasteiger partial charge in [-0.1, -0.05) is 36.4 Å². The monoisotopic (exact) mass is 696 g/mol. The molecule has 1 heterocycles. The number of hydrogen-bond donors (Lipinski definition) is 2. The third-order valence-corrected chi connectivity index (χ3v) is 8.14. The normalized spacial score (nSPS) is 22.3. The summed E-state index contributed by atoms with van der Waals surface area (Å²) >= 11 is 0. The molecule has 1 aliphatic heterocycles. The van der Waals surface area contributed by atoms with E-state index in [1.54, 1.807) is 18.2 Å². The van der Waals surface area contributed by atoms with Gasteiger partial charge >= 0.3 is 30.1 Å². The number of rotatable bonds is 12. The largest absolute Gasteiger partial charge is 0.469 e. The molecule has 0 aromatic heterocycles. The Morgan fingerprint density at radius 2 is 1.66 bits per heavy atom. The highest BCUT2D eigenvalue weighted by molar-refractivity contribution is 5.86. The van der Waals surface area contributed by atoms with Crippen LogP contribution in [0.3, 0.4) is 0 Å². The number of alkyl carbamates (subject to hydrolysis) is 1. The lowest BCUT2D eigenvalue weighted by Gasteiger charge is -2.33. The lowest BCUT2D eigenvalue weighted by Crippen LogP contribution is -2.44. The first-order valence-corrected chi connectivity index (χ1v) is 16.5. The van der Waals surface area contributed by atoms with Crippen LogP contribution in [0.5, 0.6) is 5.75 Å². The Hall–Kier alpha value is -5.11. The van der Waals surface area contributed by atoms with Crippen molar-refractivity contribution < 1.29 is 57.1 Å². The Kier molecular flexibility index (Phi) is 14.5. The summed E-state index contributed by atoms with van der Waals surface area (Å²) in [4.78, 5) is 61.7. The SMILES string of the molecule is COC(=O)C1CC/C=C/C(OC(=O)Nc2cc(OC3CC(OC(C)=O)CC(C(=O)OC)O3)ccc2COC(=O)NCCc2ccccc2)CC1. The number of carbonyl (C=O) groups excluding carboxylic acids is 5. The van der Waals surface area contributed by atoms with E-state index in [0.29, 0.717) is 44.2 Å². The van der Waals surface area contributed by atoms with Gasteiger partial charge in [0.05, 0.1) is 25.8 Å². The van der Waals surface area contributed by atoms with Crippen LogP contribution in [0.15, 0.2) is 60.7 Å². The highest BCUT2D eigenvalue weighted by atomic mass is 16.7. The van der Waals surface area contributed by atoms with Crippen molar-refractivity contribution >= 4 is 35.8 Å². The molecule has 2 aliphatic rings. The van der Waals surface area contributed by atoms with Gasteiger partial charge in [-0.25, -0.2) is 14.4 Å². The molecule has 2 amide bonds. The molecule has 0 radical (unpaired) electrons. The summed E-state index contributed by atoms with van der Waals surface area (Å²) in [6.07, 6.45) is 1.97. The molecule has 1 saturated heterocycles. The van der Waals surface area contributed by atoms with Gasteiger partial charge in [0.1, 0.15) is 24.6 Å². The maximum absolute atomic E-state index is 13.2. The molecule has 2 aromatic rings. The fourth-order valence-corrected chi connectivity index (χ4v) is 5.63. The van der Waals surface area contributed by atoms with Crippen LogP contribution in [0.25, 0.3) is 0 Å². The first-order valence-electron chi connectivity index (χ1n) is 16.5. The van der Waals surface area contributed by atoms with Gasteiger partial charge in [-0.05, 0) is 55.9 Å². The molecule has 2 N–H and O–H groups in total. The molecule has 5 atom stereocenters. The molecule has 1 fully saturated rings. The van der Waals surface area contributed by atoms with Gasteiger partial charge in [-0.15, -0.1) is 0 Å². The number of amides is 2. The van der Waals surface area contributed by atoms with E-state index in [0.717, 1.165) is 5.56 Å². The van der Waals surface area contributed by atoms with E-state index in [2.05, 4.69) is 10.6 Å². The van der Waals surface area contributed by atoms with Crippen molar-refractivity contribution in [3.8, 4) is 5.75 Å². The molecular weight excluding hydrogens is 652 g/mol. The number of allylic oxidation sites excluding steroid dienone is 1. The highest BCUT2D eigenvalue weighted by Crippen LogP contribution is 2.30. The van der Waals surface area contributed by atoms with Crippen LogP contribution in [0.4, 0.5) is 15.3 Å². The average Bonchev–Trinajstić information content (AvgIpc) is 3.08. The minimum Gasteiger partial charge on any atom is -0.469 e. The summed E-state index contributed by atoms with van der Waals surface area (Å²) in [5.74, 6) is -1.51. The van der Waals surface area contributed by atoms with Crippen LogP contribution in [-0.2, 0) is 55.8 Å². The molecule has 0 bridgehead atoms. The number of anilines is 1. The number of ether oxygens (including phenoxy) is 7. The predicted octanol–water partition coefficient (Wildman–Crippen LogP) is 4.98. The van der Waals surface area contributed by atoms with E-state index < -0.39 is 48.7 Å². The van der Waals surface area contributed by atoms with Crippen molar-refractivity contribution in [3.63, 3.8) is 0 Å². The summed E-state index contributed by atoms with van der Waals surface area (Å²) in [5.41, 5.74) is 1.72. The van der Waals surface area contributed by atoms with Crippen LogP contribution >= 0.6 is 0 Å². The van der Waals surface area contributed by atoms with Gasteiger partial charge in [-0.2, -0.15) is 0 Å². The zero-order valence-electron chi connectivity index (χ0n) is 28.4. The molecule has 14 heteroatoms. The van der Waals surface area contributed by atoms with Gasteiger partial charge in [0.2, 0.25) is 6.29 Å². The molecular formula is C36H44N2O12. The second-order valence-corrected chi connectivity index (χ2v) is 11.8. The van der Waals surface area contributed by atoms with Crippen LogP contribution in [0, 0.1) is 5.92 Å².